The highest BCUT2D eigenvalue weighted by molar-refractivity contribution is 7.11. The third-order valence-corrected chi connectivity index (χ3v) is 3.41. The molecule has 0 fully saturated rings. The fourth-order valence-electron chi connectivity index (χ4n) is 1.73. The van der Waals surface area contributed by atoms with Crippen molar-refractivity contribution in [3.8, 4) is 0 Å². The Bertz CT molecular complexity index is 325. The first-order valence-corrected chi connectivity index (χ1v) is 6.65. The summed E-state index contributed by atoms with van der Waals surface area (Å²) in [6, 6.07) is 0.299. The highest BCUT2D eigenvalue weighted by Crippen LogP contribution is 2.22. The first-order chi connectivity index (χ1) is 7.54. The molecule has 1 aromatic rings. The van der Waals surface area contributed by atoms with Crippen LogP contribution >= 0.6 is 11.3 Å². The molecule has 4 heteroatoms. The molecule has 1 rings (SSSR count). The molecule has 0 spiro atoms. The zero-order valence-electron chi connectivity index (χ0n) is 10.8. The molecule has 0 aliphatic carbocycles. The minimum atomic E-state index is 0.257. The van der Waals surface area contributed by atoms with Crippen LogP contribution in [0.1, 0.15) is 42.4 Å². The van der Waals surface area contributed by atoms with E-state index in [1.165, 1.54) is 10.6 Å². The van der Waals surface area contributed by atoms with Crippen LogP contribution in [0.5, 0.6) is 0 Å². The molecule has 1 heterocycles. The van der Waals surface area contributed by atoms with Gasteiger partial charge >= 0.3 is 0 Å². The molecule has 0 radical (unpaired) electrons. The SMILES string of the molecule is CCOC(C)CNC(C)c1nc(C)sc1C. The lowest BCUT2D eigenvalue weighted by molar-refractivity contribution is 0.0742. The van der Waals surface area contributed by atoms with Crippen LogP contribution < -0.4 is 5.32 Å². The van der Waals surface area contributed by atoms with Gasteiger partial charge in [0.1, 0.15) is 0 Å². The zero-order chi connectivity index (χ0) is 12.1. The van der Waals surface area contributed by atoms with E-state index in [1.807, 2.05) is 6.92 Å². The Balaban J connectivity index is 2.46. The Labute approximate surface area is 102 Å². The maximum atomic E-state index is 5.48. The van der Waals surface area contributed by atoms with Crippen molar-refractivity contribution >= 4 is 11.3 Å². The molecule has 0 saturated carbocycles. The van der Waals surface area contributed by atoms with E-state index in [-0.39, 0.29) is 6.10 Å². The fraction of sp³-hybridized carbons (Fsp3) is 0.750. The minimum Gasteiger partial charge on any atom is -0.377 e. The Morgan fingerprint density at radius 2 is 2.06 bits per heavy atom. The molecule has 1 aromatic heterocycles. The van der Waals surface area contributed by atoms with E-state index in [0.717, 1.165) is 18.2 Å². The number of hydrogen-bond donors (Lipinski definition) is 1. The Morgan fingerprint density at radius 3 is 2.56 bits per heavy atom. The van der Waals surface area contributed by atoms with Gasteiger partial charge in [-0.1, -0.05) is 0 Å². The summed E-state index contributed by atoms with van der Waals surface area (Å²) in [5, 5.41) is 4.59. The average molecular weight is 242 g/mol. The quantitative estimate of drug-likeness (QED) is 0.833. The van der Waals surface area contributed by atoms with Crippen molar-refractivity contribution < 1.29 is 4.74 Å². The molecule has 1 N–H and O–H groups in total. The summed E-state index contributed by atoms with van der Waals surface area (Å²) in [5.41, 5.74) is 1.17. The summed E-state index contributed by atoms with van der Waals surface area (Å²) in [6.07, 6.45) is 0.257. The van der Waals surface area contributed by atoms with Crippen molar-refractivity contribution in [1.29, 1.82) is 0 Å². The van der Waals surface area contributed by atoms with Crippen molar-refractivity contribution in [2.24, 2.45) is 0 Å². The summed E-state index contributed by atoms with van der Waals surface area (Å²) >= 11 is 1.76. The minimum absolute atomic E-state index is 0.257. The van der Waals surface area contributed by atoms with Crippen LogP contribution in [0.15, 0.2) is 0 Å². The molecule has 2 unspecified atom stereocenters. The summed E-state index contributed by atoms with van der Waals surface area (Å²) in [6.45, 7) is 12.1. The normalized spacial score (nSPS) is 15.1. The number of aromatic nitrogens is 1. The van der Waals surface area contributed by atoms with E-state index in [0.29, 0.717) is 6.04 Å². The molecule has 0 aromatic carbocycles. The fourth-order valence-corrected chi connectivity index (χ4v) is 2.64. The van der Waals surface area contributed by atoms with Crippen molar-refractivity contribution in [1.82, 2.24) is 10.3 Å². The Kier molecular flexibility index (Phi) is 5.38. The first-order valence-electron chi connectivity index (χ1n) is 5.83. The second-order valence-corrected chi connectivity index (χ2v) is 5.48. The van der Waals surface area contributed by atoms with Crippen LogP contribution in [0.4, 0.5) is 0 Å². The Hall–Kier alpha value is -0.450. The van der Waals surface area contributed by atoms with Crippen LogP contribution in [0.25, 0.3) is 0 Å². The van der Waals surface area contributed by atoms with Crippen LogP contribution in [-0.4, -0.2) is 24.2 Å². The molecule has 92 valence electrons. The van der Waals surface area contributed by atoms with Gasteiger partial charge in [-0.3, -0.25) is 0 Å². The first kappa shape index (κ1) is 13.6. The van der Waals surface area contributed by atoms with Gasteiger partial charge in [0, 0.05) is 24.1 Å². The van der Waals surface area contributed by atoms with Gasteiger partial charge in [-0.15, -0.1) is 11.3 Å². The lowest BCUT2D eigenvalue weighted by atomic mass is 10.2. The molecular weight excluding hydrogens is 220 g/mol. The number of hydrogen-bond acceptors (Lipinski definition) is 4. The monoisotopic (exact) mass is 242 g/mol. The molecule has 2 atom stereocenters. The van der Waals surface area contributed by atoms with E-state index < -0.39 is 0 Å². The smallest absolute Gasteiger partial charge is 0.0900 e. The van der Waals surface area contributed by atoms with Crippen molar-refractivity contribution in [3.63, 3.8) is 0 Å². The molecule has 0 aliphatic heterocycles. The lowest BCUT2D eigenvalue weighted by Crippen LogP contribution is -2.29. The van der Waals surface area contributed by atoms with Crippen molar-refractivity contribution in [2.45, 2.75) is 46.8 Å². The van der Waals surface area contributed by atoms with E-state index in [9.17, 15) is 0 Å². The predicted molar refractivity (Wildman–Crippen MR) is 69.1 cm³/mol. The van der Waals surface area contributed by atoms with E-state index >= 15 is 0 Å². The summed E-state index contributed by atoms with van der Waals surface area (Å²) in [4.78, 5) is 5.86. The standard InChI is InChI=1S/C12H22N2OS/c1-6-15-8(2)7-13-9(3)12-10(4)16-11(5)14-12/h8-9,13H,6-7H2,1-5H3. The molecular formula is C12H22N2OS. The third kappa shape index (κ3) is 3.85. The van der Waals surface area contributed by atoms with Crippen molar-refractivity contribution in [2.75, 3.05) is 13.2 Å². The second-order valence-electron chi connectivity index (χ2n) is 4.07. The lowest BCUT2D eigenvalue weighted by Gasteiger charge is -2.17. The maximum Gasteiger partial charge on any atom is 0.0900 e. The number of nitrogens with one attached hydrogen (secondary N) is 1. The van der Waals surface area contributed by atoms with Crippen LogP contribution in [-0.2, 0) is 4.74 Å². The molecule has 0 bridgehead atoms. The number of aryl methyl sites for hydroxylation is 2. The molecule has 16 heavy (non-hydrogen) atoms. The predicted octanol–water partition coefficient (Wildman–Crippen LogP) is 2.84. The van der Waals surface area contributed by atoms with Gasteiger partial charge in [0.25, 0.3) is 0 Å². The third-order valence-electron chi connectivity index (χ3n) is 2.51. The van der Waals surface area contributed by atoms with Crippen molar-refractivity contribution in [3.05, 3.63) is 15.6 Å². The molecule has 0 amide bonds. The molecule has 3 nitrogen and oxygen atoms in total. The van der Waals surface area contributed by atoms with Gasteiger partial charge < -0.3 is 10.1 Å². The summed E-state index contributed by atoms with van der Waals surface area (Å²) in [7, 11) is 0. The largest absolute Gasteiger partial charge is 0.377 e. The number of rotatable bonds is 6. The summed E-state index contributed by atoms with van der Waals surface area (Å²) < 4.78 is 5.48. The Morgan fingerprint density at radius 1 is 1.38 bits per heavy atom. The number of thiazole rings is 1. The maximum absolute atomic E-state index is 5.48. The van der Waals surface area contributed by atoms with Gasteiger partial charge in [-0.05, 0) is 34.6 Å². The second kappa shape index (κ2) is 6.33. The van der Waals surface area contributed by atoms with Gasteiger partial charge in [0.15, 0.2) is 0 Å². The van der Waals surface area contributed by atoms with Gasteiger partial charge in [-0.2, -0.15) is 0 Å². The van der Waals surface area contributed by atoms with E-state index in [2.05, 4.69) is 38.0 Å². The number of nitrogens with zero attached hydrogens (tertiary/aromatic N) is 1. The molecule has 0 aliphatic rings. The van der Waals surface area contributed by atoms with Crippen LogP contribution in [0.2, 0.25) is 0 Å². The summed E-state index contributed by atoms with van der Waals surface area (Å²) in [5.74, 6) is 0. The van der Waals surface area contributed by atoms with Gasteiger partial charge in [0.2, 0.25) is 0 Å². The highest BCUT2D eigenvalue weighted by atomic mass is 32.1. The van der Waals surface area contributed by atoms with Gasteiger partial charge in [0.05, 0.1) is 16.8 Å². The van der Waals surface area contributed by atoms with E-state index in [4.69, 9.17) is 4.74 Å². The number of ether oxygens (including phenoxy) is 1. The zero-order valence-corrected chi connectivity index (χ0v) is 11.6. The average Bonchev–Trinajstić information content (AvgIpc) is 2.55. The topological polar surface area (TPSA) is 34.1 Å². The highest BCUT2D eigenvalue weighted by Gasteiger charge is 2.13. The van der Waals surface area contributed by atoms with Crippen LogP contribution in [0, 0.1) is 13.8 Å². The van der Waals surface area contributed by atoms with Gasteiger partial charge in [-0.25, -0.2) is 4.98 Å². The molecule has 0 saturated heterocycles. The van der Waals surface area contributed by atoms with E-state index in [1.54, 1.807) is 11.3 Å². The van der Waals surface area contributed by atoms with Crippen LogP contribution in [0.3, 0.4) is 0 Å².